The zero-order valence-electron chi connectivity index (χ0n) is 11.1. The van der Waals surface area contributed by atoms with Gasteiger partial charge in [-0.05, 0) is 41.0 Å². The highest BCUT2D eigenvalue weighted by Gasteiger charge is 2.18. The number of rotatable bonds is 2. The maximum atomic E-state index is 12.6. The molecule has 2 aliphatic heterocycles. The molecule has 100 valence electrons. The molecule has 0 radical (unpaired) electrons. The molecule has 0 aromatic heterocycles. The van der Waals surface area contributed by atoms with E-state index < -0.39 is 0 Å². The van der Waals surface area contributed by atoms with Crippen molar-refractivity contribution in [3.63, 3.8) is 0 Å². The summed E-state index contributed by atoms with van der Waals surface area (Å²) in [6.07, 6.45) is 0.893. The molecular weight excluding hydrogens is 250 g/mol. The van der Waals surface area contributed by atoms with E-state index >= 15 is 0 Å². The Hall–Kier alpha value is -2.13. The molecule has 2 aromatic carbocycles. The zero-order valence-corrected chi connectivity index (χ0v) is 11.1. The first kappa shape index (κ1) is 11.7. The monoisotopic (exact) mass is 265 g/mol. The number of ketones is 1. The number of hydrogen-bond acceptors (Lipinski definition) is 3. The van der Waals surface area contributed by atoms with Crippen LogP contribution in [0.4, 0.5) is 0 Å². The highest BCUT2D eigenvalue weighted by atomic mass is 16.5. The van der Waals surface area contributed by atoms with Crippen LogP contribution in [0.25, 0.3) is 0 Å². The molecular formula is C17H15NO2. The predicted octanol–water partition coefficient (Wildman–Crippen LogP) is 2.46. The van der Waals surface area contributed by atoms with Crippen LogP contribution in [0.3, 0.4) is 0 Å². The first-order chi connectivity index (χ1) is 9.81. The number of nitrogens with one attached hydrogen (secondary N) is 1. The van der Waals surface area contributed by atoms with Gasteiger partial charge in [0.25, 0.3) is 0 Å². The van der Waals surface area contributed by atoms with E-state index in [0.717, 1.165) is 48.6 Å². The van der Waals surface area contributed by atoms with Crippen molar-refractivity contribution < 1.29 is 9.53 Å². The second-order valence-electron chi connectivity index (χ2n) is 5.34. The quantitative estimate of drug-likeness (QED) is 0.848. The molecule has 4 rings (SSSR count). The van der Waals surface area contributed by atoms with E-state index in [4.69, 9.17) is 4.74 Å². The fourth-order valence-electron chi connectivity index (χ4n) is 2.93. The third-order valence-electron chi connectivity index (χ3n) is 4.05. The lowest BCUT2D eigenvalue weighted by atomic mass is 9.98. The molecule has 0 spiro atoms. The van der Waals surface area contributed by atoms with Crippen molar-refractivity contribution in [2.75, 3.05) is 6.61 Å². The molecule has 0 bridgehead atoms. The van der Waals surface area contributed by atoms with Gasteiger partial charge in [-0.25, -0.2) is 0 Å². The summed E-state index contributed by atoms with van der Waals surface area (Å²) in [5.41, 5.74) is 5.19. The summed E-state index contributed by atoms with van der Waals surface area (Å²) < 4.78 is 5.48. The van der Waals surface area contributed by atoms with Crippen molar-refractivity contribution in [2.45, 2.75) is 19.5 Å². The number of benzene rings is 2. The van der Waals surface area contributed by atoms with Crippen LogP contribution in [-0.2, 0) is 19.5 Å². The molecule has 0 amide bonds. The molecule has 0 saturated heterocycles. The van der Waals surface area contributed by atoms with Crippen LogP contribution < -0.4 is 10.1 Å². The fraction of sp³-hybridized carbons (Fsp3) is 0.235. The lowest BCUT2D eigenvalue weighted by Crippen LogP contribution is -2.03. The Morgan fingerprint density at radius 1 is 0.950 bits per heavy atom. The molecule has 0 unspecified atom stereocenters. The molecule has 2 aromatic rings. The minimum Gasteiger partial charge on any atom is -0.493 e. The molecule has 1 N–H and O–H groups in total. The van der Waals surface area contributed by atoms with Gasteiger partial charge in [-0.15, -0.1) is 0 Å². The first-order valence-electron chi connectivity index (χ1n) is 6.94. The molecule has 3 heteroatoms. The topological polar surface area (TPSA) is 38.3 Å². The third-order valence-corrected chi connectivity index (χ3v) is 4.05. The Balaban J connectivity index is 1.70. The number of fused-ring (bicyclic) bond motifs is 2. The summed E-state index contributed by atoms with van der Waals surface area (Å²) in [6.45, 7) is 2.48. The van der Waals surface area contributed by atoms with E-state index in [9.17, 15) is 4.79 Å². The van der Waals surface area contributed by atoms with Gasteiger partial charge in [-0.1, -0.05) is 12.1 Å². The van der Waals surface area contributed by atoms with Gasteiger partial charge in [0.2, 0.25) is 0 Å². The Morgan fingerprint density at radius 3 is 2.60 bits per heavy atom. The van der Waals surface area contributed by atoms with Crippen LogP contribution in [0, 0.1) is 0 Å². The van der Waals surface area contributed by atoms with E-state index in [1.54, 1.807) is 0 Å². The van der Waals surface area contributed by atoms with Crippen molar-refractivity contribution in [1.82, 2.24) is 5.32 Å². The van der Waals surface area contributed by atoms with Gasteiger partial charge in [0.05, 0.1) is 6.61 Å². The van der Waals surface area contributed by atoms with Crippen LogP contribution in [0.1, 0.15) is 32.6 Å². The normalized spacial score (nSPS) is 15.6. The second kappa shape index (κ2) is 4.46. The largest absolute Gasteiger partial charge is 0.493 e. The summed E-state index contributed by atoms with van der Waals surface area (Å²) >= 11 is 0. The molecule has 20 heavy (non-hydrogen) atoms. The summed E-state index contributed by atoms with van der Waals surface area (Å²) in [4.78, 5) is 12.6. The van der Waals surface area contributed by atoms with E-state index in [2.05, 4.69) is 11.4 Å². The summed E-state index contributed by atoms with van der Waals surface area (Å²) in [7, 11) is 0. The SMILES string of the molecule is O=C(c1ccc2c(c1)CNC2)c1ccc2c(c1)CCO2. The van der Waals surface area contributed by atoms with E-state index in [-0.39, 0.29) is 5.78 Å². The minimum atomic E-state index is 0.0920. The number of hydrogen-bond donors (Lipinski definition) is 1. The number of carbonyl (C=O) groups excluding carboxylic acids is 1. The van der Waals surface area contributed by atoms with Gasteiger partial charge in [0, 0.05) is 30.6 Å². The van der Waals surface area contributed by atoms with Crippen molar-refractivity contribution in [3.8, 4) is 5.75 Å². The predicted molar refractivity (Wildman–Crippen MR) is 76.1 cm³/mol. The van der Waals surface area contributed by atoms with Crippen LogP contribution in [0.2, 0.25) is 0 Å². The standard InChI is InChI=1S/C17H15NO2/c19-17(12-1-2-14-9-18-10-15(14)8-12)13-3-4-16-11(7-13)5-6-20-16/h1-4,7-8,18H,5-6,9-10H2. The van der Waals surface area contributed by atoms with Crippen LogP contribution in [-0.4, -0.2) is 12.4 Å². The highest BCUT2D eigenvalue weighted by molar-refractivity contribution is 6.09. The average molecular weight is 265 g/mol. The Morgan fingerprint density at radius 2 is 1.70 bits per heavy atom. The molecule has 2 heterocycles. The fourth-order valence-corrected chi connectivity index (χ4v) is 2.93. The lowest BCUT2D eigenvalue weighted by Gasteiger charge is -2.06. The summed E-state index contributed by atoms with van der Waals surface area (Å²) in [6, 6.07) is 11.7. The van der Waals surface area contributed by atoms with Gasteiger partial charge < -0.3 is 10.1 Å². The van der Waals surface area contributed by atoms with E-state index in [1.165, 1.54) is 11.1 Å². The highest BCUT2D eigenvalue weighted by Crippen LogP contribution is 2.27. The molecule has 0 atom stereocenters. The van der Waals surface area contributed by atoms with Crippen LogP contribution >= 0.6 is 0 Å². The van der Waals surface area contributed by atoms with Crippen molar-refractivity contribution in [3.05, 3.63) is 64.2 Å². The van der Waals surface area contributed by atoms with E-state index in [1.807, 2.05) is 30.3 Å². The van der Waals surface area contributed by atoms with Crippen molar-refractivity contribution in [2.24, 2.45) is 0 Å². The summed E-state index contributed by atoms with van der Waals surface area (Å²) in [5.74, 6) is 1.01. The summed E-state index contributed by atoms with van der Waals surface area (Å²) in [5, 5.41) is 3.30. The second-order valence-corrected chi connectivity index (χ2v) is 5.34. The van der Waals surface area contributed by atoms with E-state index in [0.29, 0.717) is 0 Å². The Labute approximate surface area is 117 Å². The van der Waals surface area contributed by atoms with Crippen LogP contribution in [0.15, 0.2) is 36.4 Å². The Kier molecular flexibility index (Phi) is 2.60. The molecule has 0 fully saturated rings. The van der Waals surface area contributed by atoms with Gasteiger partial charge in [0.1, 0.15) is 5.75 Å². The minimum absolute atomic E-state index is 0.0920. The smallest absolute Gasteiger partial charge is 0.193 e. The van der Waals surface area contributed by atoms with Gasteiger partial charge in [-0.2, -0.15) is 0 Å². The third kappa shape index (κ3) is 1.82. The van der Waals surface area contributed by atoms with Gasteiger partial charge in [0.15, 0.2) is 5.78 Å². The number of ether oxygens (including phenoxy) is 1. The average Bonchev–Trinajstić information content (AvgIpc) is 3.13. The van der Waals surface area contributed by atoms with Gasteiger partial charge >= 0.3 is 0 Å². The Bertz CT molecular complexity index is 647. The van der Waals surface area contributed by atoms with Gasteiger partial charge in [-0.3, -0.25) is 4.79 Å². The molecule has 3 nitrogen and oxygen atoms in total. The zero-order chi connectivity index (χ0) is 13.5. The molecule has 0 aliphatic carbocycles. The maximum Gasteiger partial charge on any atom is 0.193 e. The first-order valence-corrected chi connectivity index (χ1v) is 6.94. The molecule has 2 aliphatic rings. The van der Waals surface area contributed by atoms with Crippen LogP contribution in [0.5, 0.6) is 5.75 Å². The lowest BCUT2D eigenvalue weighted by molar-refractivity contribution is 0.103. The maximum absolute atomic E-state index is 12.6. The number of carbonyl (C=O) groups is 1. The van der Waals surface area contributed by atoms with Crippen molar-refractivity contribution in [1.29, 1.82) is 0 Å². The molecule has 0 saturated carbocycles. The van der Waals surface area contributed by atoms with Crippen molar-refractivity contribution >= 4 is 5.78 Å².